The van der Waals surface area contributed by atoms with Crippen molar-refractivity contribution in [3.8, 4) is 11.3 Å². The van der Waals surface area contributed by atoms with Gasteiger partial charge in [0.05, 0.1) is 12.2 Å². The van der Waals surface area contributed by atoms with Crippen LogP contribution in [0.25, 0.3) is 11.3 Å². The molecule has 138 valence electrons. The predicted molar refractivity (Wildman–Crippen MR) is 104 cm³/mol. The summed E-state index contributed by atoms with van der Waals surface area (Å²) in [5.41, 5.74) is 9.74. The third kappa shape index (κ3) is 4.47. The quantitative estimate of drug-likeness (QED) is 0.844. The van der Waals surface area contributed by atoms with E-state index in [0.717, 1.165) is 24.1 Å². The number of likely N-dealkylation sites (tertiary alicyclic amines) is 1. The number of benzene rings is 1. The molecule has 26 heavy (non-hydrogen) atoms. The lowest BCUT2D eigenvalue weighted by molar-refractivity contribution is -0.123. The average Bonchev–Trinajstić information content (AvgIpc) is 3.06. The predicted octanol–water partition coefficient (Wildman–Crippen LogP) is 2.56. The minimum atomic E-state index is -0.240. The van der Waals surface area contributed by atoms with Crippen molar-refractivity contribution in [1.82, 2.24) is 9.88 Å². The van der Waals surface area contributed by atoms with Gasteiger partial charge in [0.2, 0.25) is 11.8 Å². The van der Waals surface area contributed by atoms with Gasteiger partial charge in [-0.05, 0) is 57.0 Å². The molecule has 1 fully saturated rings. The van der Waals surface area contributed by atoms with Crippen LogP contribution in [0.15, 0.2) is 23.6 Å². The molecule has 1 aromatic carbocycles. The number of aryl methyl sites for hydroxylation is 2. The average molecular weight is 372 g/mol. The Morgan fingerprint density at radius 1 is 1.27 bits per heavy atom. The topological polar surface area (TPSA) is 88.3 Å². The normalized spacial score (nSPS) is 15.8. The molecule has 6 nitrogen and oxygen atoms in total. The first-order chi connectivity index (χ1) is 12.4. The molecule has 0 atom stereocenters. The van der Waals surface area contributed by atoms with E-state index in [1.54, 1.807) is 0 Å². The van der Waals surface area contributed by atoms with E-state index in [2.05, 4.69) is 36.3 Å². The van der Waals surface area contributed by atoms with Gasteiger partial charge in [-0.3, -0.25) is 14.5 Å². The summed E-state index contributed by atoms with van der Waals surface area (Å²) in [7, 11) is 0. The Bertz CT molecular complexity index is 810. The van der Waals surface area contributed by atoms with Crippen LogP contribution in [0.3, 0.4) is 0 Å². The van der Waals surface area contributed by atoms with Gasteiger partial charge in [0.1, 0.15) is 0 Å². The van der Waals surface area contributed by atoms with Crippen LogP contribution in [0.2, 0.25) is 0 Å². The van der Waals surface area contributed by atoms with Crippen LogP contribution in [-0.4, -0.2) is 41.3 Å². The molecule has 0 saturated carbocycles. The monoisotopic (exact) mass is 372 g/mol. The molecule has 2 amide bonds. The summed E-state index contributed by atoms with van der Waals surface area (Å²) in [5, 5.41) is 5.44. The lowest BCUT2D eigenvalue weighted by Gasteiger charge is -2.29. The van der Waals surface area contributed by atoms with Crippen molar-refractivity contribution in [1.29, 1.82) is 0 Å². The number of rotatable bonds is 5. The number of piperidine rings is 1. The maximum atomic E-state index is 12.3. The second-order valence-corrected chi connectivity index (χ2v) is 7.70. The number of carbonyl (C=O) groups is 2. The second kappa shape index (κ2) is 7.97. The zero-order chi connectivity index (χ0) is 18.7. The van der Waals surface area contributed by atoms with Gasteiger partial charge in [-0.2, -0.15) is 0 Å². The number of carbonyl (C=O) groups excluding carboxylic acids is 2. The van der Waals surface area contributed by atoms with E-state index in [-0.39, 0.29) is 17.7 Å². The summed E-state index contributed by atoms with van der Waals surface area (Å²) in [4.78, 5) is 30.0. The molecule has 3 rings (SSSR count). The van der Waals surface area contributed by atoms with Crippen molar-refractivity contribution in [2.75, 3.05) is 25.0 Å². The van der Waals surface area contributed by atoms with Crippen molar-refractivity contribution in [3.05, 3.63) is 34.7 Å². The van der Waals surface area contributed by atoms with Gasteiger partial charge >= 0.3 is 0 Å². The summed E-state index contributed by atoms with van der Waals surface area (Å²) in [6.07, 6.45) is 1.44. The van der Waals surface area contributed by atoms with Crippen LogP contribution in [0.1, 0.15) is 24.0 Å². The third-order valence-electron chi connectivity index (χ3n) is 4.91. The van der Waals surface area contributed by atoms with E-state index in [0.29, 0.717) is 24.8 Å². The zero-order valence-corrected chi connectivity index (χ0v) is 15.9. The van der Waals surface area contributed by atoms with Crippen molar-refractivity contribution in [3.63, 3.8) is 0 Å². The lowest BCUT2D eigenvalue weighted by atomic mass is 9.96. The summed E-state index contributed by atoms with van der Waals surface area (Å²) >= 11 is 1.43. The SMILES string of the molecule is Cc1ccc(-c2csc(NC(=O)CN3CCC(C(N)=O)CC3)n2)cc1C. The molecule has 7 heteroatoms. The fraction of sp³-hybridized carbons (Fsp3) is 0.421. The lowest BCUT2D eigenvalue weighted by Crippen LogP contribution is -2.42. The number of thiazole rings is 1. The molecular formula is C19H24N4O2S. The first-order valence-electron chi connectivity index (χ1n) is 8.77. The van der Waals surface area contributed by atoms with Crippen LogP contribution >= 0.6 is 11.3 Å². The first kappa shape index (κ1) is 18.5. The molecule has 2 heterocycles. The Morgan fingerprint density at radius 3 is 2.65 bits per heavy atom. The molecular weight excluding hydrogens is 348 g/mol. The largest absolute Gasteiger partial charge is 0.369 e. The molecule has 1 saturated heterocycles. The first-order valence-corrected chi connectivity index (χ1v) is 9.65. The number of nitrogens with two attached hydrogens (primary N) is 1. The molecule has 1 aliphatic heterocycles. The fourth-order valence-corrected chi connectivity index (χ4v) is 3.84. The highest BCUT2D eigenvalue weighted by atomic mass is 32.1. The smallest absolute Gasteiger partial charge is 0.240 e. The van der Waals surface area contributed by atoms with E-state index in [1.807, 2.05) is 16.3 Å². The van der Waals surface area contributed by atoms with E-state index in [9.17, 15) is 9.59 Å². The number of nitrogens with one attached hydrogen (secondary N) is 1. The molecule has 0 radical (unpaired) electrons. The molecule has 1 aliphatic rings. The highest BCUT2D eigenvalue weighted by Gasteiger charge is 2.24. The minimum absolute atomic E-state index is 0.0613. The van der Waals surface area contributed by atoms with Gasteiger partial charge in [-0.1, -0.05) is 12.1 Å². The number of amides is 2. The number of anilines is 1. The van der Waals surface area contributed by atoms with Gasteiger partial charge in [-0.15, -0.1) is 11.3 Å². The maximum Gasteiger partial charge on any atom is 0.240 e. The van der Waals surface area contributed by atoms with Gasteiger partial charge in [0.15, 0.2) is 5.13 Å². The Balaban J connectivity index is 1.55. The van der Waals surface area contributed by atoms with Crippen molar-refractivity contribution >= 4 is 28.3 Å². The molecule has 0 spiro atoms. The standard InChI is InChI=1S/C19H24N4O2S/c1-12-3-4-15(9-13(12)2)16-11-26-19(21-16)22-17(24)10-23-7-5-14(6-8-23)18(20)25/h3-4,9,11,14H,5-8,10H2,1-2H3,(H2,20,25)(H,21,22,24). The Kier molecular flexibility index (Phi) is 5.68. The summed E-state index contributed by atoms with van der Waals surface area (Å²) in [6.45, 7) is 5.90. The van der Waals surface area contributed by atoms with E-state index in [4.69, 9.17) is 5.73 Å². The van der Waals surface area contributed by atoms with Crippen LogP contribution in [0.5, 0.6) is 0 Å². The maximum absolute atomic E-state index is 12.3. The summed E-state index contributed by atoms with van der Waals surface area (Å²) < 4.78 is 0. The Hall–Kier alpha value is -2.25. The highest BCUT2D eigenvalue weighted by Crippen LogP contribution is 2.26. The van der Waals surface area contributed by atoms with Gasteiger partial charge in [-0.25, -0.2) is 4.98 Å². The molecule has 3 N–H and O–H groups in total. The number of nitrogens with zero attached hydrogens (tertiary/aromatic N) is 2. The van der Waals surface area contributed by atoms with Crippen molar-refractivity contribution in [2.45, 2.75) is 26.7 Å². The van der Waals surface area contributed by atoms with Gasteiger partial charge in [0.25, 0.3) is 0 Å². The van der Waals surface area contributed by atoms with Crippen LogP contribution in [-0.2, 0) is 9.59 Å². The summed E-state index contributed by atoms with van der Waals surface area (Å²) in [5.74, 6) is -0.381. The third-order valence-corrected chi connectivity index (χ3v) is 5.67. The van der Waals surface area contributed by atoms with Crippen molar-refractivity contribution in [2.24, 2.45) is 11.7 Å². The molecule has 0 bridgehead atoms. The Labute approximate surface area is 157 Å². The fourth-order valence-electron chi connectivity index (χ4n) is 3.10. The minimum Gasteiger partial charge on any atom is -0.369 e. The molecule has 0 unspecified atom stereocenters. The number of primary amides is 1. The van der Waals surface area contributed by atoms with E-state index >= 15 is 0 Å². The number of aromatic nitrogens is 1. The number of hydrogen-bond donors (Lipinski definition) is 2. The van der Waals surface area contributed by atoms with Crippen LogP contribution < -0.4 is 11.1 Å². The van der Waals surface area contributed by atoms with Crippen molar-refractivity contribution < 1.29 is 9.59 Å². The van der Waals surface area contributed by atoms with Gasteiger partial charge in [0, 0.05) is 16.9 Å². The van der Waals surface area contributed by atoms with Crippen LogP contribution in [0.4, 0.5) is 5.13 Å². The molecule has 1 aromatic heterocycles. The van der Waals surface area contributed by atoms with Gasteiger partial charge < -0.3 is 11.1 Å². The van der Waals surface area contributed by atoms with Crippen LogP contribution in [0, 0.1) is 19.8 Å². The number of hydrogen-bond acceptors (Lipinski definition) is 5. The zero-order valence-electron chi connectivity index (χ0n) is 15.1. The molecule has 0 aliphatic carbocycles. The van der Waals surface area contributed by atoms with E-state index in [1.165, 1.54) is 22.5 Å². The summed E-state index contributed by atoms with van der Waals surface area (Å²) in [6, 6.07) is 6.24. The second-order valence-electron chi connectivity index (χ2n) is 6.84. The highest BCUT2D eigenvalue weighted by molar-refractivity contribution is 7.14. The Morgan fingerprint density at radius 2 is 2.00 bits per heavy atom. The van der Waals surface area contributed by atoms with E-state index < -0.39 is 0 Å². The molecule has 2 aromatic rings.